The first kappa shape index (κ1) is 22.2. The second-order valence-corrected chi connectivity index (χ2v) is 9.13. The molecule has 0 radical (unpaired) electrons. The maximum Gasteiger partial charge on any atom is 0.396 e. The van der Waals surface area contributed by atoms with Crippen LogP contribution < -0.4 is 0 Å². The monoisotopic (exact) mass is 519 g/mol. The van der Waals surface area contributed by atoms with Crippen molar-refractivity contribution in [3.8, 4) is 11.1 Å². The van der Waals surface area contributed by atoms with Crippen molar-refractivity contribution in [2.24, 2.45) is 0 Å². The van der Waals surface area contributed by atoms with Crippen LogP contribution in [0.3, 0.4) is 0 Å². The zero-order chi connectivity index (χ0) is 23.8. The van der Waals surface area contributed by atoms with Crippen molar-refractivity contribution >= 4 is 55.4 Å². The van der Waals surface area contributed by atoms with Crippen LogP contribution in [-0.4, -0.2) is 65.9 Å². The molecule has 5 rings (SSSR count). The largest absolute Gasteiger partial charge is 0.462 e. The molecule has 2 amide bonds. The van der Waals surface area contributed by atoms with Crippen LogP contribution >= 0.6 is 15.9 Å². The van der Waals surface area contributed by atoms with Crippen LogP contribution in [0.25, 0.3) is 32.8 Å². The number of methoxy groups -OCH3 is 1. The SMILES string of the molecule is COC(=O)C(=O)N1CCN(C(=O)c2cc(-c3c[nH]c4ccc(Br)cc34)cc3ccccc23)CC1. The minimum atomic E-state index is -0.885. The van der Waals surface area contributed by atoms with Gasteiger partial charge in [-0.1, -0.05) is 40.2 Å². The molecule has 1 saturated heterocycles. The Morgan fingerprint density at radius 3 is 2.41 bits per heavy atom. The molecule has 0 atom stereocenters. The Kier molecular flexibility index (Phi) is 5.83. The van der Waals surface area contributed by atoms with Gasteiger partial charge in [0.05, 0.1) is 7.11 Å². The van der Waals surface area contributed by atoms with E-state index in [0.717, 1.165) is 37.3 Å². The predicted molar refractivity (Wildman–Crippen MR) is 133 cm³/mol. The van der Waals surface area contributed by atoms with Gasteiger partial charge in [0.1, 0.15) is 0 Å². The van der Waals surface area contributed by atoms with Crippen molar-refractivity contribution in [3.63, 3.8) is 0 Å². The Bertz CT molecular complexity index is 1440. The maximum absolute atomic E-state index is 13.6. The Hall–Kier alpha value is -3.65. The van der Waals surface area contributed by atoms with Crippen LogP contribution in [0.2, 0.25) is 0 Å². The molecule has 1 aliphatic heterocycles. The van der Waals surface area contributed by atoms with Gasteiger partial charge in [0.25, 0.3) is 5.91 Å². The van der Waals surface area contributed by atoms with Gasteiger partial charge in [-0.3, -0.25) is 9.59 Å². The van der Waals surface area contributed by atoms with Gasteiger partial charge in [0.2, 0.25) is 0 Å². The minimum Gasteiger partial charge on any atom is -0.462 e. The van der Waals surface area contributed by atoms with Crippen LogP contribution in [0, 0.1) is 0 Å². The molecule has 172 valence electrons. The molecule has 4 aromatic rings. The van der Waals surface area contributed by atoms with Gasteiger partial charge in [0, 0.05) is 58.9 Å². The number of nitrogens with one attached hydrogen (secondary N) is 1. The number of amides is 2. The fourth-order valence-electron chi connectivity index (χ4n) is 4.47. The number of halogens is 1. The van der Waals surface area contributed by atoms with E-state index in [0.29, 0.717) is 18.7 Å². The molecule has 1 aromatic heterocycles. The van der Waals surface area contributed by atoms with Crippen molar-refractivity contribution in [2.45, 2.75) is 0 Å². The molecule has 1 N–H and O–H groups in total. The summed E-state index contributed by atoms with van der Waals surface area (Å²) in [5.41, 5.74) is 3.60. The lowest BCUT2D eigenvalue weighted by Gasteiger charge is -2.34. The summed E-state index contributed by atoms with van der Waals surface area (Å²) in [5.74, 6) is -1.65. The number of esters is 1. The van der Waals surface area contributed by atoms with Gasteiger partial charge in [-0.15, -0.1) is 0 Å². The summed E-state index contributed by atoms with van der Waals surface area (Å²) in [6, 6.07) is 18.0. The normalized spacial score (nSPS) is 13.9. The van der Waals surface area contributed by atoms with Crippen molar-refractivity contribution in [2.75, 3.05) is 33.3 Å². The molecule has 1 fully saturated rings. The van der Waals surface area contributed by atoms with Crippen molar-refractivity contribution < 1.29 is 19.1 Å². The van der Waals surface area contributed by atoms with Gasteiger partial charge in [-0.25, -0.2) is 4.79 Å². The first-order valence-electron chi connectivity index (χ1n) is 10.9. The Balaban J connectivity index is 1.50. The summed E-state index contributed by atoms with van der Waals surface area (Å²) in [6.07, 6.45) is 1.96. The standard InChI is InChI=1S/C26H22BrN3O4/c1-34-26(33)25(32)30-10-8-29(9-11-30)24(31)21-13-17(12-16-4-2-3-5-19(16)21)22-15-28-23-7-6-18(27)14-20(22)23/h2-7,12-15,28H,8-11H2,1H3. The molecular weight excluding hydrogens is 498 g/mol. The molecule has 8 heteroatoms. The first-order valence-corrected chi connectivity index (χ1v) is 11.7. The van der Waals surface area contributed by atoms with Crippen molar-refractivity contribution in [1.82, 2.24) is 14.8 Å². The van der Waals surface area contributed by atoms with Gasteiger partial charge in [-0.05, 0) is 46.7 Å². The molecule has 34 heavy (non-hydrogen) atoms. The molecule has 0 aliphatic carbocycles. The van der Waals surface area contributed by atoms with E-state index in [2.05, 4.69) is 37.8 Å². The van der Waals surface area contributed by atoms with E-state index < -0.39 is 11.9 Å². The summed E-state index contributed by atoms with van der Waals surface area (Å²) in [6.45, 7) is 1.27. The number of rotatable bonds is 2. The molecule has 2 heterocycles. The maximum atomic E-state index is 13.6. The number of ether oxygens (including phenoxy) is 1. The van der Waals surface area contributed by atoms with E-state index in [1.807, 2.05) is 48.7 Å². The number of carbonyl (C=O) groups is 3. The smallest absolute Gasteiger partial charge is 0.396 e. The van der Waals surface area contributed by atoms with E-state index in [9.17, 15) is 14.4 Å². The van der Waals surface area contributed by atoms with E-state index >= 15 is 0 Å². The van der Waals surface area contributed by atoms with E-state index in [-0.39, 0.29) is 19.0 Å². The number of H-pyrrole nitrogens is 1. The van der Waals surface area contributed by atoms with Crippen molar-refractivity contribution in [3.05, 3.63) is 70.8 Å². The second kappa shape index (κ2) is 8.95. The number of aromatic amines is 1. The minimum absolute atomic E-state index is 0.0933. The third kappa shape index (κ3) is 3.94. The highest BCUT2D eigenvalue weighted by Crippen LogP contribution is 2.34. The molecule has 1 aliphatic rings. The van der Waals surface area contributed by atoms with Crippen molar-refractivity contribution in [1.29, 1.82) is 0 Å². The Labute approximate surface area is 204 Å². The highest BCUT2D eigenvalue weighted by Gasteiger charge is 2.29. The Morgan fingerprint density at radius 2 is 1.65 bits per heavy atom. The average Bonchev–Trinajstić information content (AvgIpc) is 3.29. The number of piperazine rings is 1. The molecular formula is C26H22BrN3O4. The second-order valence-electron chi connectivity index (χ2n) is 8.21. The fraction of sp³-hybridized carbons (Fsp3) is 0.192. The zero-order valence-corrected chi connectivity index (χ0v) is 20.1. The van der Waals surface area contributed by atoms with Crippen LogP contribution in [0.1, 0.15) is 10.4 Å². The first-order chi connectivity index (χ1) is 16.5. The predicted octanol–water partition coefficient (Wildman–Crippen LogP) is 4.21. The molecule has 0 bridgehead atoms. The summed E-state index contributed by atoms with van der Waals surface area (Å²) in [7, 11) is 1.19. The quantitative estimate of drug-likeness (QED) is 0.317. The lowest BCUT2D eigenvalue weighted by molar-refractivity contribution is -0.158. The molecule has 0 spiro atoms. The van der Waals surface area contributed by atoms with E-state index in [1.165, 1.54) is 12.0 Å². The third-order valence-corrected chi connectivity index (χ3v) is 6.75. The number of hydrogen-bond acceptors (Lipinski definition) is 4. The third-order valence-electron chi connectivity index (χ3n) is 6.26. The van der Waals surface area contributed by atoms with Gasteiger partial charge < -0.3 is 19.5 Å². The summed E-state index contributed by atoms with van der Waals surface area (Å²) >= 11 is 3.55. The average molecular weight is 520 g/mol. The number of nitrogens with zero attached hydrogens (tertiary/aromatic N) is 2. The zero-order valence-electron chi connectivity index (χ0n) is 18.5. The van der Waals surface area contributed by atoms with Gasteiger partial charge in [-0.2, -0.15) is 0 Å². The molecule has 3 aromatic carbocycles. The summed E-state index contributed by atoms with van der Waals surface area (Å²) < 4.78 is 5.51. The molecule has 0 saturated carbocycles. The number of benzene rings is 3. The lowest BCUT2D eigenvalue weighted by Crippen LogP contribution is -2.52. The topological polar surface area (TPSA) is 82.7 Å². The summed E-state index contributed by atoms with van der Waals surface area (Å²) in [4.78, 5) is 43.8. The van der Waals surface area contributed by atoms with Crippen LogP contribution in [0.15, 0.2) is 65.3 Å². The fourth-order valence-corrected chi connectivity index (χ4v) is 4.84. The van der Waals surface area contributed by atoms with Gasteiger partial charge in [0.15, 0.2) is 0 Å². The van der Waals surface area contributed by atoms with Crippen LogP contribution in [-0.2, 0) is 14.3 Å². The lowest BCUT2D eigenvalue weighted by atomic mass is 9.95. The highest BCUT2D eigenvalue weighted by molar-refractivity contribution is 9.10. The molecule has 0 unspecified atom stereocenters. The van der Waals surface area contributed by atoms with Gasteiger partial charge >= 0.3 is 11.9 Å². The number of fused-ring (bicyclic) bond motifs is 2. The van der Waals surface area contributed by atoms with E-state index in [1.54, 1.807) is 4.90 Å². The Morgan fingerprint density at radius 1 is 0.912 bits per heavy atom. The highest BCUT2D eigenvalue weighted by atomic mass is 79.9. The molecule has 7 nitrogen and oxygen atoms in total. The number of hydrogen-bond donors (Lipinski definition) is 1. The number of aromatic nitrogens is 1. The summed E-state index contributed by atoms with van der Waals surface area (Å²) in [5, 5.41) is 2.93. The van der Waals surface area contributed by atoms with E-state index in [4.69, 9.17) is 0 Å². The van der Waals surface area contributed by atoms with Crippen LogP contribution in [0.5, 0.6) is 0 Å². The number of carbonyl (C=O) groups excluding carboxylic acids is 3. The van der Waals surface area contributed by atoms with Crippen LogP contribution in [0.4, 0.5) is 0 Å².